The summed E-state index contributed by atoms with van der Waals surface area (Å²) in [5.74, 6) is -0.0894. The van der Waals surface area contributed by atoms with Crippen molar-refractivity contribution >= 4 is 11.6 Å². The van der Waals surface area contributed by atoms with Crippen molar-refractivity contribution in [2.75, 3.05) is 12.3 Å². The summed E-state index contributed by atoms with van der Waals surface area (Å²) in [6.45, 7) is 0.586. The van der Waals surface area contributed by atoms with E-state index in [-0.39, 0.29) is 5.91 Å². The highest BCUT2D eigenvalue weighted by molar-refractivity contribution is 5.94. The van der Waals surface area contributed by atoms with Crippen LogP contribution in [0.15, 0.2) is 36.7 Å². The summed E-state index contributed by atoms with van der Waals surface area (Å²) in [7, 11) is 0. The number of amides is 1. The fourth-order valence-electron chi connectivity index (χ4n) is 1.47. The summed E-state index contributed by atoms with van der Waals surface area (Å²) in [5.41, 5.74) is 7.89. The second-order valence-electron chi connectivity index (χ2n) is 3.73. The molecule has 0 aliphatic heterocycles. The van der Waals surface area contributed by atoms with Crippen LogP contribution in [-0.2, 0) is 6.42 Å². The molecule has 5 heteroatoms. The molecule has 0 radical (unpaired) electrons. The smallest absolute Gasteiger partial charge is 0.251 e. The number of H-pyrrole nitrogens is 1. The number of nitrogens with two attached hydrogens (primary N) is 1. The van der Waals surface area contributed by atoms with Crippen LogP contribution in [0.3, 0.4) is 0 Å². The first-order chi connectivity index (χ1) is 8.25. The van der Waals surface area contributed by atoms with E-state index < -0.39 is 0 Å². The Bertz CT molecular complexity index is 476. The van der Waals surface area contributed by atoms with Crippen LogP contribution in [0, 0.1) is 0 Å². The van der Waals surface area contributed by atoms with Crippen LogP contribution >= 0.6 is 0 Å². The van der Waals surface area contributed by atoms with E-state index in [1.54, 1.807) is 30.5 Å². The molecule has 2 rings (SSSR count). The molecular formula is C12H14N4O. The van der Waals surface area contributed by atoms with Gasteiger partial charge < -0.3 is 11.1 Å². The first-order valence-corrected chi connectivity index (χ1v) is 5.37. The van der Waals surface area contributed by atoms with E-state index >= 15 is 0 Å². The summed E-state index contributed by atoms with van der Waals surface area (Å²) in [6.07, 6.45) is 4.32. The van der Waals surface area contributed by atoms with Gasteiger partial charge in [0.1, 0.15) is 0 Å². The van der Waals surface area contributed by atoms with E-state index in [2.05, 4.69) is 15.5 Å². The number of hydrogen-bond acceptors (Lipinski definition) is 3. The minimum Gasteiger partial charge on any atom is -0.399 e. The average Bonchev–Trinajstić information content (AvgIpc) is 2.83. The molecule has 0 bridgehead atoms. The molecule has 2 aromatic rings. The van der Waals surface area contributed by atoms with Gasteiger partial charge in [-0.15, -0.1) is 0 Å². The van der Waals surface area contributed by atoms with Gasteiger partial charge in [0.25, 0.3) is 5.91 Å². The zero-order chi connectivity index (χ0) is 12.1. The number of nitrogen functional groups attached to an aromatic ring is 1. The van der Waals surface area contributed by atoms with E-state index in [1.165, 1.54) is 0 Å². The van der Waals surface area contributed by atoms with Crippen LogP contribution in [0.4, 0.5) is 5.69 Å². The number of aromatic nitrogens is 2. The van der Waals surface area contributed by atoms with E-state index in [1.807, 2.05) is 6.20 Å². The lowest BCUT2D eigenvalue weighted by atomic mass is 10.2. The first kappa shape index (κ1) is 11.2. The van der Waals surface area contributed by atoms with Crippen LogP contribution in [0.25, 0.3) is 0 Å². The van der Waals surface area contributed by atoms with Crippen molar-refractivity contribution in [3.05, 3.63) is 47.8 Å². The van der Waals surface area contributed by atoms with E-state index in [0.29, 0.717) is 17.8 Å². The number of hydrogen-bond donors (Lipinski definition) is 3. The van der Waals surface area contributed by atoms with Crippen molar-refractivity contribution in [3.8, 4) is 0 Å². The van der Waals surface area contributed by atoms with Crippen molar-refractivity contribution in [1.82, 2.24) is 15.5 Å². The molecule has 5 nitrogen and oxygen atoms in total. The molecule has 0 aliphatic rings. The van der Waals surface area contributed by atoms with E-state index in [0.717, 1.165) is 12.0 Å². The zero-order valence-electron chi connectivity index (χ0n) is 9.31. The Morgan fingerprint density at radius 3 is 2.76 bits per heavy atom. The number of carbonyl (C=O) groups is 1. The van der Waals surface area contributed by atoms with Crippen LogP contribution in [-0.4, -0.2) is 22.6 Å². The minimum absolute atomic E-state index is 0.0894. The quantitative estimate of drug-likeness (QED) is 0.684. The lowest BCUT2D eigenvalue weighted by Gasteiger charge is -2.04. The van der Waals surface area contributed by atoms with Crippen LogP contribution < -0.4 is 11.1 Å². The number of rotatable bonds is 4. The molecule has 0 spiro atoms. The standard InChI is InChI=1S/C12H14N4O/c13-11-3-1-10(2-4-11)12(17)14-6-5-9-7-15-16-8-9/h1-4,7-8H,5-6,13H2,(H,14,17)(H,15,16). The largest absolute Gasteiger partial charge is 0.399 e. The highest BCUT2D eigenvalue weighted by atomic mass is 16.1. The summed E-state index contributed by atoms with van der Waals surface area (Å²) in [5, 5.41) is 9.40. The van der Waals surface area contributed by atoms with Gasteiger partial charge >= 0.3 is 0 Å². The number of anilines is 1. The monoisotopic (exact) mass is 230 g/mol. The summed E-state index contributed by atoms with van der Waals surface area (Å²) in [4.78, 5) is 11.7. The van der Waals surface area contributed by atoms with Gasteiger partial charge in [0.15, 0.2) is 0 Å². The van der Waals surface area contributed by atoms with Gasteiger partial charge in [0.2, 0.25) is 0 Å². The molecule has 17 heavy (non-hydrogen) atoms. The summed E-state index contributed by atoms with van der Waals surface area (Å²) < 4.78 is 0. The molecule has 88 valence electrons. The van der Waals surface area contributed by atoms with Gasteiger partial charge in [-0.05, 0) is 36.2 Å². The van der Waals surface area contributed by atoms with Crippen LogP contribution in [0.5, 0.6) is 0 Å². The van der Waals surface area contributed by atoms with Crippen molar-refractivity contribution in [1.29, 1.82) is 0 Å². The van der Waals surface area contributed by atoms with Crippen molar-refractivity contribution in [2.24, 2.45) is 0 Å². The number of aromatic amines is 1. The summed E-state index contributed by atoms with van der Waals surface area (Å²) in [6, 6.07) is 6.85. The van der Waals surface area contributed by atoms with Crippen LogP contribution in [0.2, 0.25) is 0 Å². The average molecular weight is 230 g/mol. The number of nitrogens with one attached hydrogen (secondary N) is 2. The Morgan fingerprint density at radius 1 is 1.35 bits per heavy atom. The third-order valence-electron chi connectivity index (χ3n) is 2.43. The Kier molecular flexibility index (Phi) is 3.40. The lowest BCUT2D eigenvalue weighted by Crippen LogP contribution is -2.25. The predicted octanol–water partition coefficient (Wildman–Crippen LogP) is 0.964. The van der Waals surface area contributed by atoms with Crippen molar-refractivity contribution < 1.29 is 4.79 Å². The predicted molar refractivity (Wildman–Crippen MR) is 65.5 cm³/mol. The minimum atomic E-state index is -0.0894. The maximum Gasteiger partial charge on any atom is 0.251 e. The Hall–Kier alpha value is -2.30. The van der Waals surface area contributed by atoms with Crippen LogP contribution in [0.1, 0.15) is 15.9 Å². The molecule has 4 N–H and O–H groups in total. The number of carbonyl (C=O) groups excluding carboxylic acids is 1. The summed E-state index contributed by atoms with van der Waals surface area (Å²) >= 11 is 0. The number of benzene rings is 1. The highest BCUT2D eigenvalue weighted by Gasteiger charge is 2.04. The molecule has 0 aliphatic carbocycles. The van der Waals surface area contributed by atoms with Gasteiger partial charge in [-0.1, -0.05) is 0 Å². The maximum atomic E-state index is 11.7. The molecule has 0 fully saturated rings. The molecule has 1 amide bonds. The molecule has 0 saturated heterocycles. The normalized spacial score (nSPS) is 10.1. The number of nitrogens with zero attached hydrogens (tertiary/aromatic N) is 1. The Labute approximate surface area is 99.0 Å². The maximum absolute atomic E-state index is 11.7. The van der Waals surface area contributed by atoms with Gasteiger partial charge in [0.05, 0.1) is 6.20 Å². The molecule has 1 aromatic carbocycles. The van der Waals surface area contributed by atoms with E-state index in [9.17, 15) is 4.79 Å². The van der Waals surface area contributed by atoms with Gasteiger partial charge in [-0.2, -0.15) is 5.10 Å². The van der Waals surface area contributed by atoms with Gasteiger partial charge in [0, 0.05) is 24.0 Å². The molecule has 0 unspecified atom stereocenters. The van der Waals surface area contributed by atoms with E-state index in [4.69, 9.17) is 5.73 Å². The lowest BCUT2D eigenvalue weighted by molar-refractivity contribution is 0.0954. The fourth-order valence-corrected chi connectivity index (χ4v) is 1.47. The third kappa shape index (κ3) is 3.07. The first-order valence-electron chi connectivity index (χ1n) is 5.37. The SMILES string of the molecule is Nc1ccc(C(=O)NCCc2cn[nH]c2)cc1. The molecule has 0 saturated carbocycles. The van der Waals surface area contributed by atoms with Gasteiger partial charge in [-0.25, -0.2) is 0 Å². The Morgan fingerprint density at radius 2 is 2.12 bits per heavy atom. The van der Waals surface area contributed by atoms with Crippen molar-refractivity contribution in [3.63, 3.8) is 0 Å². The molecule has 1 aromatic heterocycles. The molecular weight excluding hydrogens is 216 g/mol. The highest BCUT2D eigenvalue weighted by Crippen LogP contribution is 2.05. The Balaban J connectivity index is 1.83. The fraction of sp³-hybridized carbons (Fsp3) is 0.167. The molecule has 0 atom stereocenters. The third-order valence-corrected chi connectivity index (χ3v) is 2.43. The van der Waals surface area contributed by atoms with Gasteiger partial charge in [-0.3, -0.25) is 9.89 Å². The second-order valence-corrected chi connectivity index (χ2v) is 3.73. The van der Waals surface area contributed by atoms with Crippen molar-refractivity contribution in [2.45, 2.75) is 6.42 Å². The second kappa shape index (κ2) is 5.16. The molecule has 1 heterocycles. The zero-order valence-corrected chi connectivity index (χ0v) is 9.31. The topological polar surface area (TPSA) is 83.8 Å².